The highest BCUT2D eigenvalue weighted by Gasteiger charge is 2.12. The highest BCUT2D eigenvalue weighted by Crippen LogP contribution is 2.38. The maximum Gasteiger partial charge on any atom is 0.248 e. The molecule has 0 fully saturated rings. The van der Waals surface area contributed by atoms with Crippen LogP contribution in [-0.4, -0.2) is 39.3 Å². The first-order chi connectivity index (χ1) is 17.6. The van der Waals surface area contributed by atoms with Gasteiger partial charge in [0.1, 0.15) is 5.75 Å². The molecule has 7 nitrogen and oxygen atoms in total. The lowest BCUT2D eigenvalue weighted by atomic mass is 10.1. The third-order valence-corrected chi connectivity index (χ3v) is 5.67. The quantitative estimate of drug-likeness (QED) is 0.224. The van der Waals surface area contributed by atoms with E-state index in [1.165, 1.54) is 6.08 Å². The highest BCUT2D eigenvalue weighted by atomic mass is 16.5. The van der Waals surface area contributed by atoms with Crippen LogP contribution < -0.4 is 24.3 Å². The summed E-state index contributed by atoms with van der Waals surface area (Å²) in [7, 11) is 6.30. The van der Waals surface area contributed by atoms with Crippen LogP contribution in [0.15, 0.2) is 66.9 Å². The number of fused-ring (bicyclic) bond motifs is 1. The van der Waals surface area contributed by atoms with Crippen molar-refractivity contribution in [2.24, 2.45) is 0 Å². The topological polar surface area (TPSA) is 81.8 Å². The van der Waals surface area contributed by atoms with Crippen molar-refractivity contribution in [3.8, 4) is 23.0 Å². The Labute approximate surface area is 210 Å². The van der Waals surface area contributed by atoms with E-state index in [0.717, 1.165) is 27.6 Å². The molecule has 1 heterocycles. The zero-order chi connectivity index (χ0) is 25.5. The predicted molar refractivity (Wildman–Crippen MR) is 144 cm³/mol. The number of amides is 1. The first-order valence-corrected chi connectivity index (χ1v) is 11.3. The number of aromatic amines is 1. The van der Waals surface area contributed by atoms with Crippen LogP contribution in [0.2, 0.25) is 0 Å². The van der Waals surface area contributed by atoms with Gasteiger partial charge in [-0.05, 0) is 53.1 Å². The number of carbonyl (C=O) groups is 1. The Morgan fingerprint density at radius 1 is 0.778 bits per heavy atom. The molecule has 0 atom stereocenters. The maximum absolute atomic E-state index is 12.6. The summed E-state index contributed by atoms with van der Waals surface area (Å²) < 4.78 is 21.7. The van der Waals surface area contributed by atoms with Gasteiger partial charge in [-0.25, -0.2) is 0 Å². The van der Waals surface area contributed by atoms with Crippen LogP contribution >= 0.6 is 0 Å². The second kappa shape index (κ2) is 11.2. The molecule has 36 heavy (non-hydrogen) atoms. The summed E-state index contributed by atoms with van der Waals surface area (Å²) in [6.45, 7) is 0. The SMILES string of the molecule is COc1cc(C=Cc2cc(OC)c(OC)c(OC)c2)ccc1NC(=O)/C=C/c1c[nH]c2ccccc12. The average Bonchev–Trinajstić information content (AvgIpc) is 3.33. The van der Waals surface area contributed by atoms with Gasteiger partial charge in [0.15, 0.2) is 11.5 Å². The number of anilines is 1. The third-order valence-electron chi connectivity index (χ3n) is 5.67. The van der Waals surface area contributed by atoms with Crippen molar-refractivity contribution < 1.29 is 23.7 Å². The summed E-state index contributed by atoms with van der Waals surface area (Å²) >= 11 is 0. The number of H-pyrrole nitrogens is 1. The Bertz CT molecular complexity index is 1410. The van der Waals surface area contributed by atoms with E-state index in [-0.39, 0.29) is 5.91 Å². The number of carbonyl (C=O) groups excluding carboxylic acids is 1. The van der Waals surface area contributed by atoms with E-state index in [4.69, 9.17) is 18.9 Å². The molecule has 0 unspecified atom stereocenters. The van der Waals surface area contributed by atoms with E-state index in [1.54, 1.807) is 34.5 Å². The molecule has 0 saturated carbocycles. The summed E-state index contributed by atoms with van der Waals surface area (Å²) in [5.74, 6) is 1.99. The molecule has 0 radical (unpaired) electrons. The number of benzene rings is 3. The molecule has 2 N–H and O–H groups in total. The van der Waals surface area contributed by atoms with Crippen molar-refractivity contribution in [3.05, 3.63) is 83.6 Å². The van der Waals surface area contributed by atoms with Gasteiger partial charge in [-0.2, -0.15) is 0 Å². The lowest BCUT2D eigenvalue weighted by Crippen LogP contribution is -2.08. The first-order valence-electron chi connectivity index (χ1n) is 11.3. The molecule has 184 valence electrons. The summed E-state index contributed by atoms with van der Waals surface area (Å²) in [5, 5.41) is 3.94. The number of rotatable bonds is 9. The number of para-hydroxylation sites is 1. The molecule has 0 bridgehead atoms. The fourth-order valence-corrected chi connectivity index (χ4v) is 3.88. The van der Waals surface area contributed by atoms with Gasteiger partial charge in [0.05, 0.1) is 34.1 Å². The zero-order valence-corrected chi connectivity index (χ0v) is 20.6. The van der Waals surface area contributed by atoms with Gasteiger partial charge in [-0.3, -0.25) is 4.79 Å². The normalized spacial score (nSPS) is 11.2. The Kier molecular flexibility index (Phi) is 7.60. The van der Waals surface area contributed by atoms with E-state index >= 15 is 0 Å². The fourth-order valence-electron chi connectivity index (χ4n) is 3.88. The molecule has 4 aromatic rings. The Hall–Kier alpha value is -4.65. The summed E-state index contributed by atoms with van der Waals surface area (Å²) in [5.41, 5.74) is 4.32. The van der Waals surface area contributed by atoms with Crippen LogP contribution in [0.1, 0.15) is 16.7 Å². The van der Waals surface area contributed by atoms with Gasteiger partial charge in [-0.1, -0.05) is 36.4 Å². The number of hydrogen-bond donors (Lipinski definition) is 2. The molecule has 4 rings (SSSR count). The second-order valence-electron chi connectivity index (χ2n) is 7.86. The van der Waals surface area contributed by atoms with E-state index in [1.807, 2.05) is 72.9 Å². The molecule has 1 aromatic heterocycles. The first kappa shape index (κ1) is 24.5. The van der Waals surface area contributed by atoms with Crippen LogP contribution in [-0.2, 0) is 4.79 Å². The largest absolute Gasteiger partial charge is 0.495 e. The predicted octanol–water partition coefficient (Wildman–Crippen LogP) is 6.02. The van der Waals surface area contributed by atoms with Gasteiger partial charge in [0.2, 0.25) is 11.7 Å². The average molecular weight is 485 g/mol. The van der Waals surface area contributed by atoms with Crippen molar-refractivity contribution in [2.45, 2.75) is 0 Å². The molecule has 0 spiro atoms. The molecule has 7 heteroatoms. The van der Waals surface area contributed by atoms with Gasteiger partial charge >= 0.3 is 0 Å². The summed E-state index contributed by atoms with van der Waals surface area (Å²) in [4.78, 5) is 15.8. The number of aromatic nitrogens is 1. The van der Waals surface area contributed by atoms with Gasteiger partial charge in [-0.15, -0.1) is 0 Å². The summed E-state index contributed by atoms with van der Waals surface area (Å²) in [6, 6.07) is 17.2. The van der Waals surface area contributed by atoms with Crippen LogP contribution in [0.4, 0.5) is 5.69 Å². The standard InChI is InChI=1S/C29H28N2O5/c1-33-25-15-19(9-10-20-16-26(34-2)29(36-4)27(17-20)35-3)11-13-24(25)31-28(32)14-12-21-18-30-23-8-6-5-7-22(21)23/h5-18,30H,1-4H3,(H,31,32)/b10-9?,14-12+. The Morgan fingerprint density at radius 2 is 1.44 bits per heavy atom. The molecule has 1 amide bonds. The molecule has 3 aromatic carbocycles. The van der Waals surface area contributed by atoms with Gasteiger partial charge in [0.25, 0.3) is 0 Å². The second-order valence-corrected chi connectivity index (χ2v) is 7.86. The van der Waals surface area contributed by atoms with Crippen molar-refractivity contribution in [1.82, 2.24) is 4.98 Å². The van der Waals surface area contributed by atoms with Crippen LogP contribution in [0.5, 0.6) is 23.0 Å². The van der Waals surface area contributed by atoms with Gasteiger partial charge in [0, 0.05) is 23.2 Å². The lowest BCUT2D eigenvalue weighted by Gasteiger charge is -2.13. The van der Waals surface area contributed by atoms with Crippen LogP contribution in [0.3, 0.4) is 0 Å². The minimum absolute atomic E-state index is 0.251. The fraction of sp³-hybridized carbons (Fsp3) is 0.138. The van der Waals surface area contributed by atoms with Gasteiger partial charge < -0.3 is 29.2 Å². The summed E-state index contributed by atoms with van der Waals surface area (Å²) in [6.07, 6.45) is 9.04. The third kappa shape index (κ3) is 5.36. The van der Waals surface area contributed by atoms with Crippen LogP contribution in [0.25, 0.3) is 29.1 Å². The van der Waals surface area contributed by atoms with Crippen LogP contribution in [0, 0.1) is 0 Å². The lowest BCUT2D eigenvalue weighted by molar-refractivity contribution is -0.111. The Balaban J connectivity index is 1.49. The highest BCUT2D eigenvalue weighted by molar-refractivity contribution is 6.04. The van der Waals surface area contributed by atoms with E-state index in [0.29, 0.717) is 28.7 Å². The monoisotopic (exact) mass is 484 g/mol. The molecule has 0 aliphatic heterocycles. The van der Waals surface area contributed by atoms with Crippen molar-refractivity contribution in [3.63, 3.8) is 0 Å². The number of methoxy groups -OCH3 is 4. The van der Waals surface area contributed by atoms with E-state index < -0.39 is 0 Å². The zero-order valence-electron chi connectivity index (χ0n) is 20.6. The molecular formula is C29H28N2O5. The van der Waals surface area contributed by atoms with Crippen molar-refractivity contribution >= 4 is 40.7 Å². The number of hydrogen-bond acceptors (Lipinski definition) is 5. The van der Waals surface area contributed by atoms with E-state index in [2.05, 4.69) is 10.3 Å². The number of nitrogens with one attached hydrogen (secondary N) is 2. The molecule has 0 aliphatic rings. The number of ether oxygens (including phenoxy) is 4. The molecule has 0 saturated heterocycles. The van der Waals surface area contributed by atoms with E-state index in [9.17, 15) is 4.79 Å². The molecular weight excluding hydrogens is 456 g/mol. The minimum atomic E-state index is -0.251. The smallest absolute Gasteiger partial charge is 0.248 e. The Morgan fingerprint density at radius 3 is 2.14 bits per heavy atom. The van der Waals surface area contributed by atoms with Crippen molar-refractivity contribution in [2.75, 3.05) is 33.8 Å². The minimum Gasteiger partial charge on any atom is -0.495 e. The van der Waals surface area contributed by atoms with Crippen molar-refractivity contribution in [1.29, 1.82) is 0 Å². The molecule has 0 aliphatic carbocycles. The maximum atomic E-state index is 12.6.